The van der Waals surface area contributed by atoms with Gasteiger partial charge < -0.3 is 4.90 Å². The standard InChI is InChI=1S/C20H23NO2/c1-14-10-15(2)12-18(11-14)20(23)21(4)19(16(3)22)13-17-8-6-5-7-9-17/h5-12,19H,13H2,1-4H3/t19-/m1/s1. The van der Waals surface area contributed by atoms with E-state index in [-0.39, 0.29) is 11.7 Å². The Morgan fingerprint density at radius 2 is 1.57 bits per heavy atom. The SMILES string of the molecule is CC(=O)[C@@H](Cc1ccccc1)N(C)C(=O)c1cc(C)cc(C)c1. The van der Waals surface area contributed by atoms with E-state index < -0.39 is 6.04 Å². The van der Waals surface area contributed by atoms with Crippen LogP contribution in [-0.2, 0) is 11.2 Å². The third kappa shape index (κ3) is 4.28. The number of hydrogen-bond donors (Lipinski definition) is 0. The predicted octanol–water partition coefficient (Wildman–Crippen LogP) is 3.58. The van der Waals surface area contributed by atoms with Gasteiger partial charge in [-0.05, 0) is 44.9 Å². The van der Waals surface area contributed by atoms with Crippen LogP contribution in [0.1, 0.15) is 34.0 Å². The van der Waals surface area contributed by atoms with Gasteiger partial charge in [0.1, 0.15) is 0 Å². The molecule has 0 saturated heterocycles. The van der Waals surface area contributed by atoms with Crippen LogP contribution >= 0.6 is 0 Å². The van der Waals surface area contributed by atoms with Gasteiger partial charge in [-0.25, -0.2) is 0 Å². The molecule has 2 aromatic rings. The van der Waals surface area contributed by atoms with Crippen molar-refractivity contribution in [3.8, 4) is 0 Å². The zero-order chi connectivity index (χ0) is 17.0. The number of rotatable bonds is 5. The lowest BCUT2D eigenvalue weighted by Gasteiger charge is -2.26. The van der Waals surface area contributed by atoms with E-state index in [4.69, 9.17) is 0 Å². The zero-order valence-electron chi connectivity index (χ0n) is 14.2. The fourth-order valence-corrected chi connectivity index (χ4v) is 2.83. The monoisotopic (exact) mass is 309 g/mol. The summed E-state index contributed by atoms with van der Waals surface area (Å²) in [6.45, 7) is 5.48. The molecule has 0 unspecified atom stereocenters. The van der Waals surface area contributed by atoms with Crippen molar-refractivity contribution in [3.63, 3.8) is 0 Å². The van der Waals surface area contributed by atoms with Gasteiger partial charge in [-0.1, -0.05) is 47.5 Å². The molecule has 0 aliphatic heterocycles. The fourth-order valence-electron chi connectivity index (χ4n) is 2.83. The number of benzene rings is 2. The Kier molecular flexibility index (Phi) is 5.32. The van der Waals surface area contributed by atoms with Crippen molar-refractivity contribution in [2.75, 3.05) is 7.05 Å². The number of aryl methyl sites for hydroxylation is 2. The van der Waals surface area contributed by atoms with Crippen molar-refractivity contribution in [1.82, 2.24) is 4.90 Å². The lowest BCUT2D eigenvalue weighted by molar-refractivity contribution is -0.121. The van der Waals surface area contributed by atoms with Crippen LogP contribution in [0.3, 0.4) is 0 Å². The van der Waals surface area contributed by atoms with Crippen LogP contribution in [0.5, 0.6) is 0 Å². The van der Waals surface area contributed by atoms with E-state index >= 15 is 0 Å². The second-order valence-electron chi connectivity index (χ2n) is 6.11. The van der Waals surface area contributed by atoms with Crippen molar-refractivity contribution < 1.29 is 9.59 Å². The summed E-state index contributed by atoms with van der Waals surface area (Å²) in [6, 6.07) is 15.1. The molecule has 0 fully saturated rings. The molecule has 0 spiro atoms. The predicted molar refractivity (Wildman–Crippen MR) is 92.6 cm³/mol. The minimum Gasteiger partial charge on any atom is -0.331 e. The molecule has 2 aromatic carbocycles. The molecule has 0 aromatic heterocycles. The normalized spacial score (nSPS) is 11.8. The van der Waals surface area contributed by atoms with E-state index in [0.29, 0.717) is 12.0 Å². The number of carbonyl (C=O) groups excluding carboxylic acids is 2. The number of amides is 1. The fraction of sp³-hybridized carbons (Fsp3) is 0.300. The third-order valence-electron chi connectivity index (χ3n) is 4.00. The van der Waals surface area contributed by atoms with Gasteiger partial charge in [0.2, 0.25) is 0 Å². The molecular weight excluding hydrogens is 286 g/mol. The van der Waals surface area contributed by atoms with E-state index in [9.17, 15) is 9.59 Å². The zero-order valence-corrected chi connectivity index (χ0v) is 14.2. The van der Waals surface area contributed by atoms with E-state index in [2.05, 4.69) is 0 Å². The summed E-state index contributed by atoms with van der Waals surface area (Å²) >= 11 is 0. The molecule has 1 amide bonds. The summed E-state index contributed by atoms with van der Waals surface area (Å²) in [6.07, 6.45) is 0.531. The third-order valence-corrected chi connectivity index (χ3v) is 4.00. The Balaban J connectivity index is 2.25. The molecule has 23 heavy (non-hydrogen) atoms. The van der Waals surface area contributed by atoms with Crippen LogP contribution < -0.4 is 0 Å². The van der Waals surface area contributed by atoms with Gasteiger partial charge in [0, 0.05) is 12.6 Å². The van der Waals surface area contributed by atoms with Crippen LogP contribution in [0.25, 0.3) is 0 Å². The van der Waals surface area contributed by atoms with E-state index in [1.54, 1.807) is 18.9 Å². The topological polar surface area (TPSA) is 37.4 Å². The highest BCUT2D eigenvalue weighted by atomic mass is 16.2. The second-order valence-corrected chi connectivity index (χ2v) is 6.11. The van der Waals surface area contributed by atoms with Gasteiger partial charge in [0.25, 0.3) is 5.91 Å². The molecule has 0 bridgehead atoms. The average Bonchev–Trinajstić information content (AvgIpc) is 2.51. The molecule has 0 aliphatic carbocycles. The van der Waals surface area contributed by atoms with Gasteiger partial charge in [-0.15, -0.1) is 0 Å². The Morgan fingerprint density at radius 3 is 2.09 bits per heavy atom. The summed E-state index contributed by atoms with van der Waals surface area (Å²) < 4.78 is 0. The van der Waals surface area contributed by atoms with Gasteiger partial charge in [0.15, 0.2) is 5.78 Å². The Hall–Kier alpha value is -2.42. The largest absolute Gasteiger partial charge is 0.331 e. The summed E-state index contributed by atoms with van der Waals surface area (Å²) in [5.41, 5.74) is 3.77. The van der Waals surface area contributed by atoms with Crippen LogP contribution in [0.2, 0.25) is 0 Å². The first kappa shape index (κ1) is 16.9. The highest BCUT2D eigenvalue weighted by Gasteiger charge is 2.25. The van der Waals surface area contributed by atoms with E-state index in [1.807, 2.05) is 62.4 Å². The number of nitrogens with zero attached hydrogens (tertiary/aromatic N) is 1. The Bertz CT molecular complexity index is 687. The van der Waals surface area contributed by atoms with Crippen molar-refractivity contribution in [2.24, 2.45) is 0 Å². The molecular formula is C20H23NO2. The molecule has 0 N–H and O–H groups in total. The number of Topliss-reactive ketones (excluding diaryl/α,β-unsaturated/α-hetero) is 1. The maximum Gasteiger partial charge on any atom is 0.254 e. The van der Waals surface area contributed by atoms with Gasteiger partial charge >= 0.3 is 0 Å². The van der Waals surface area contributed by atoms with Gasteiger partial charge in [0.05, 0.1) is 6.04 Å². The molecule has 0 aliphatic rings. The van der Waals surface area contributed by atoms with Crippen molar-refractivity contribution >= 4 is 11.7 Å². The van der Waals surface area contributed by atoms with Gasteiger partial charge in [-0.2, -0.15) is 0 Å². The van der Waals surface area contributed by atoms with Crippen molar-refractivity contribution in [3.05, 3.63) is 70.8 Å². The van der Waals surface area contributed by atoms with Crippen LogP contribution in [0.15, 0.2) is 48.5 Å². The highest BCUT2D eigenvalue weighted by molar-refractivity contribution is 5.97. The van der Waals surface area contributed by atoms with Crippen molar-refractivity contribution in [1.29, 1.82) is 0 Å². The van der Waals surface area contributed by atoms with Gasteiger partial charge in [-0.3, -0.25) is 9.59 Å². The number of likely N-dealkylation sites (N-methyl/N-ethyl adjacent to an activating group) is 1. The minimum absolute atomic E-state index is 0.00548. The van der Waals surface area contributed by atoms with Crippen LogP contribution in [0, 0.1) is 13.8 Å². The molecule has 0 saturated carbocycles. The van der Waals surface area contributed by atoms with E-state index in [1.165, 1.54) is 0 Å². The molecule has 1 atom stereocenters. The molecule has 2 rings (SSSR count). The molecule has 120 valence electrons. The minimum atomic E-state index is -0.453. The highest BCUT2D eigenvalue weighted by Crippen LogP contribution is 2.15. The molecule has 3 nitrogen and oxygen atoms in total. The lowest BCUT2D eigenvalue weighted by atomic mass is 10.0. The smallest absolute Gasteiger partial charge is 0.254 e. The number of carbonyl (C=O) groups is 2. The van der Waals surface area contributed by atoms with Crippen molar-refractivity contribution in [2.45, 2.75) is 33.2 Å². The molecule has 0 radical (unpaired) electrons. The second kappa shape index (κ2) is 7.23. The summed E-state index contributed by atoms with van der Waals surface area (Å²) in [4.78, 5) is 26.4. The Morgan fingerprint density at radius 1 is 1.00 bits per heavy atom. The number of ketones is 1. The maximum atomic E-state index is 12.8. The summed E-state index contributed by atoms with van der Waals surface area (Å²) in [7, 11) is 1.70. The first-order valence-electron chi connectivity index (χ1n) is 7.78. The number of hydrogen-bond acceptors (Lipinski definition) is 2. The Labute approximate surface area is 137 Å². The summed E-state index contributed by atoms with van der Waals surface area (Å²) in [5, 5.41) is 0. The molecule has 0 heterocycles. The first-order chi connectivity index (χ1) is 10.9. The molecule has 3 heteroatoms. The summed E-state index contributed by atoms with van der Waals surface area (Å²) in [5.74, 6) is -0.123. The quantitative estimate of drug-likeness (QED) is 0.846. The van der Waals surface area contributed by atoms with Crippen LogP contribution in [0.4, 0.5) is 0 Å². The van der Waals surface area contributed by atoms with Crippen LogP contribution in [-0.4, -0.2) is 29.7 Å². The average molecular weight is 309 g/mol. The van der Waals surface area contributed by atoms with E-state index in [0.717, 1.165) is 16.7 Å². The lowest BCUT2D eigenvalue weighted by Crippen LogP contribution is -2.43. The first-order valence-corrected chi connectivity index (χ1v) is 7.78. The maximum absolute atomic E-state index is 12.8.